The van der Waals surface area contributed by atoms with Crippen LogP contribution in [0.4, 0.5) is 0 Å². The van der Waals surface area contributed by atoms with Crippen LogP contribution in [-0.2, 0) is 0 Å². The number of aromatic carboxylic acids is 1. The third-order valence-corrected chi connectivity index (χ3v) is 5.17. The van der Waals surface area contributed by atoms with Gasteiger partial charge < -0.3 is 9.84 Å². The highest BCUT2D eigenvalue weighted by molar-refractivity contribution is 5.90. The maximum atomic E-state index is 11.2. The van der Waals surface area contributed by atoms with Crippen molar-refractivity contribution in [3.63, 3.8) is 0 Å². The van der Waals surface area contributed by atoms with Gasteiger partial charge in [-0.15, -0.1) is 0 Å². The molecule has 3 rings (SSSR count). The van der Waals surface area contributed by atoms with E-state index in [9.17, 15) is 9.90 Å². The van der Waals surface area contributed by atoms with E-state index in [1.165, 1.54) is 45.2 Å². The van der Waals surface area contributed by atoms with Crippen LogP contribution < -0.4 is 4.74 Å². The van der Waals surface area contributed by atoms with Crippen molar-refractivity contribution in [2.75, 3.05) is 39.3 Å². The quantitative estimate of drug-likeness (QED) is 0.868. The summed E-state index contributed by atoms with van der Waals surface area (Å²) in [6, 6.07) is 7.55. The Morgan fingerprint density at radius 2 is 1.92 bits per heavy atom. The Morgan fingerprint density at radius 3 is 2.71 bits per heavy atom. The summed E-state index contributed by atoms with van der Waals surface area (Å²) in [4.78, 5) is 16.3. The topological polar surface area (TPSA) is 53.0 Å². The summed E-state index contributed by atoms with van der Waals surface area (Å²) in [5, 5.41) is 9.20. The molecule has 0 saturated carbocycles. The van der Waals surface area contributed by atoms with Gasteiger partial charge >= 0.3 is 5.97 Å². The third-order valence-electron chi connectivity index (χ3n) is 5.17. The van der Waals surface area contributed by atoms with Gasteiger partial charge in [0.15, 0.2) is 0 Å². The Kier molecular flexibility index (Phi) is 6.10. The maximum absolute atomic E-state index is 11.2. The molecule has 1 aromatic carbocycles. The van der Waals surface area contributed by atoms with Crippen LogP contribution in [0.5, 0.6) is 5.75 Å². The van der Waals surface area contributed by atoms with Crippen LogP contribution in [0.15, 0.2) is 24.3 Å². The number of carboxylic acid groups (broad SMARTS) is 1. The van der Waals surface area contributed by atoms with Crippen LogP contribution in [0.3, 0.4) is 0 Å². The number of likely N-dealkylation sites (tertiary alicyclic amines) is 2. The molecule has 5 heteroatoms. The Balaban J connectivity index is 1.47. The molecule has 2 heterocycles. The fourth-order valence-corrected chi connectivity index (χ4v) is 3.87. The van der Waals surface area contributed by atoms with Gasteiger partial charge in [0.05, 0.1) is 0 Å². The zero-order chi connectivity index (χ0) is 16.8. The molecule has 2 fully saturated rings. The van der Waals surface area contributed by atoms with Crippen molar-refractivity contribution in [1.82, 2.24) is 9.80 Å². The van der Waals surface area contributed by atoms with Gasteiger partial charge in [-0.3, -0.25) is 9.80 Å². The van der Waals surface area contributed by atoms with E-state index in [0.29, 0.717) is 18.4 Å². The average molecular weight is 332 g/mol. The van der Waals surface area contributed by atoms with E-state index in [4.69, 9.17) is 4.74 Å². The minimum absolute atomic E-state index is 0.238. The maximum Gasteiger partial charge on any atom is 0.339 e. The molecule has 0 amide bonds. The molecule has 24 heavy (non-hydrogen) atoms. The molecule has 0 aliphatic carbocycles. The third kappa shape index (κ3) is 4.48. The molecule has 1 unspecified atom stereocenters. The number of carboxylic acids is 1. The summed E-state index contributed by atoms with van der Waals surface area (Å²) in [5.74, 6) is -0.469. The summed E-state index contributed by atoms with van der Waals surface area (Å²) >= 11 is 0. The van der Waals surface area contributed by atoms with E-state index in [-0.39, 0.29) is 5.56 Å². The highest BCUT2D eigenvalue weighted by atomic mass is 16.5. The zero-order valence-electron chi connectivity index (χ0n) is 14.3. The smallest absolute Gasteiger partial charge is 0.339 e. The van der Waals surface area contributed by atoms with Crippen molar-refractivity contribution in [3.8, 4) is 5.75 Å². The number of carbonyl (C=O) groups is 1. The number of piperidine rings is 2. The van der Waals surface area contributed by atoms with E-state index in [2.05, 4.69) is 9.80 Å². The Labute approximate surface area is 144 Å². The molecule has 0 bridgehead atoms. The number of hydrogen-bond acceptors (Lipinski definition) is 4. The van der Waals surface area contributed by atoms with Gasteiger partial charge in [-0.1, -0.05) is 18.6 Å². The second-order valence-corrected chi connectivity index (χ2v) is 6.84. The van der Waals surface area contributed by atoms with Crippen molar-refractivity contribution < 1.29 is 14.6 Å². The standard InChI is InChI=1S/C19H28N2O3/c22-19(23)17-8-2-3-9-18(17)24-14-13-20-10-6-7-16(15-20)21-11-4-1-5-12-21/h2-3,8-9,16H,1,4-7,10-15H2,(H,22,23). The first-order valence-corrected chi connectivity index (χ1v) is 9.15. The van der Waals surface area contributed by atoms with Crippen LogP contribution in [0.25, 0.3) is 0 Å². The first-order chi connectivity index (χ1) is 11.7. The SMILES string of the molecule is O=C(O)c1ccccc1OCCN1CCCC(N2CCCCC2)C1. The number of nitrogens with zero attached hydrogens (tertiary/aromatic N) is 2. The van der Waals surface area contributed by atoms with Crippen molar-refractivity contribution in [2.24, 2.45) is 0 Å². The molecule has 0 spiro atoms. The van der Waals surface area contributed by atoms with Crippen molar-refractivity contribution in [3.05, 3.63) is 29.8 Å². The van der Waals surface area contributed by atoms with Crippen molar-refractivity contribution in [1.29, 1.82) is 0 Å². The molecule has 1 N–H and O–H groups in total. The molecule has 5 nitrogen and oxygen atoms in total. The van der Waals surface area contributed by atoms with Gasteiger partial charge in [-0.2, -0.15) is 0 Å². The van der Waals surface area contributed by atoms with Gasteiger partial charge in [0, 0.05) is 19.1 Å². The lowest BCUT2D eigenvalue weighted by atomic mass is 10.0. The molecule has 0 radical (unpaired) electrons. The monoisotopic (exact) mass is 332 g/mol. The van der Waals surface area contributed by atoms with Gasteiger partial charge in [-0.05, 0) is 57.5 Å². The van der Waals surface area contributed by atoms with Crippen LogP contribution in [0.1, 0.15) is 42.5 Å². The van der Waals surface area contributed by atoms with Gasteiger partial charge in [0.1, 0.15) is 17.9 Å². The van der Waals surface area contributed by atoms with Gasteiger partial charge in [0.25, 0.3) is 0 Å². The number of ether oxygens (including phenoxy) is 1. The van der Waals surface area contributed by atoms with E-state index < -0.39 is 5.97 Å². The summed E-state index contributed by atoms with van der Waals surface area (Å²) < 4.78 is 5.75. The molecule has 0 aromatic heterocycles. The van der Waals surface area contributed by atoms with E-state index in [1.807, 2.05) is 6.07 Å². The lowest BCUT2D eigenvalue weighted by molar-refractivity contribution is 0.0683. The Hall–Kier alpha value is -1.59. The van der Waals surface area contributed by atoms with E-state index in [1.54, 1.807) is 18.2 Å². The average Bonchev–Trinajstić information content (AvgIpc) is 2.63. The number of hydrogen-bond donors (Lipinski definition) is 1. The van der Waals surface area contributed by atoms with Crippen LogP contribution in [-0.4, -0.2) is 66.2 Å². The van der Waals surface area contributed by atoms with Crippen LogP contribution in [0, 0.1) is 0 Å². The van der Waals surface area contributed by atoms with E-state index in [0.717, 1.165) is 19.6 Å². The zero-order valence-corrected chi connectivity index (χ0v) is 14.3. The molecule has 2 aliphatic heterocycles. The number of benzene rings is 1. The van der Waals surface area contributed by atoms with Crippen LogP contribution in [0.2, 0.25) is 0 Å². The van der Waals surface area contributed by atoms with Crippen molar-refractivity contribution >= 4 is 5.97 Å². The molecule has 132 valence electrons. The second kappa shape index (κ2) is 8.49. The second-order valence-electron chi connectivity index (χ2n) is 6.84. The predicted molar refractivity (Wildman–Crippen MR) is 93.8 cm³/mol. The minimum Gasteiger partial charge on any atom is -0.491 e. The Morgan fingerprint density at radius 1 is 1.12 bits per heavy atom. The number of rotatable bonds is 6. The Bertz CT molecular complexity index is 543. The fraction of sp³-hybridized carbons (Fsp3) is 0.632. The number of para-hydroxylation sites is 1. The lowest BCUT2D eigenvalue weighted by Gasteiger charge is -2.41. The predicted octanol–water partition coefficient (Wildman–Crippen LogP) is 2.71. The van der Waals surface area contributed by atoms with Gasteiger partial charge in [0.2, 0.25) is 0 Å². The molecule has 1 atom stereocenters. The summed E-state index contributed by atoms with van der Waals surface area (Å²) in [5.41, 5.74) is 0.238. The van der Waals surface area contributed by atoms with E-state index >= 15 is 0 Å². The molecule has 2 aliphatic rings. The van der Waals surface area contributed by atoms with Crippen molar-refractivity contribution in [2.45, 2.75) is 38.1 Å². The van der Waals surface area contributed by atoms with Crippen LogP contribution >= 0.6 is 0 Å². The van der Waals surface area contributed by atoms with Gasteiger partial charge in [-0.25, -0.2) is 4.79 Å². The fourth-order valence-electron chi connectivity index (χ4n) is 3.87. The first kappa shape index (κ1) is 17.2. The minimum atomic E-state index is -0.936. The summed E-state index contributed by atoms with van der Waals surface area (Å²) in [6.45, 7) is 6.13. The molecule has 1 aromatic rings. The molecular formula is C19H28N2O3. The highest BCUT2D eigenvalue weighted by Crippen LogP contribution is 2.21. The highest BCUT2D eigenvalue weighted by Gasteiger charge is 2.26. The largest absolute Gasteiger partial charge is 0.491 e. The molecule has 2 saturated heterocycles. The normalized spacial score (nSPS) is 23.1. The lowest BCUT2D eigenvalue weighted by Crippen LogP contribution is -2.50. The summed E-state index contributed by atoms with van der Waals surface area (Å²) in [6.07, 6.45) is 6.60. The summed E-state index contributed by atoms with van der Waals surface area (Å²) in [7, 11) is 0. The first-order valence-electron chi connectivity index (χ1n) is 9.15. The molecular weight excluding hydrogens is 304 g/mol.